The molecule has 1 amide bonds. The Morgan fingerprint density at radius 3 is 3.10 bits per heavy atom. The van der Waals surface area contributed by atoms with Crippen molar-refractivity contribution in [2.24, 2.45) is 0 Å². The summed E-state index contributed by atoms with van der Waals surface area (Å²) in [6.45, 7) is 3.13. The van der Waals surface area contributed by atoms with Crippen molar-refractivity contribution < 1.29 is 9.32 Å². The van der Waals surface area contributed by atoms with Crippen LogP contribution in [0.25, 0.3) is 22.3 Å². The fraction of sp³-hybridized carbons (Fsp3) is 0.318. The Hall–Kier alpha value is -3.55. The van der Waals surface area contributed by atoms with Gasteiger partial charge in [0.25, 0.3) is 0 Å². The number of likely N-dealkylation sites (tertiary alicyclic amines) is 1. The van der Waals surface area contributed by atoms with E-state index in [4.69, 9.17) is 4.52 Å². The third kappa shape index (κ3) is 3.45. The molecule has 1 unspecified atom stereocenters. The maximum Gasteiger partial charge on any atom is 0.223 e. The lowest BCUT2D eigenvalue weighted by Crippen LogP contribution is -2.28. The molecule has 1 aromatic carbocycles. The molecule has 5 rings (SSSR count). The van der Waals surface area contributed by atoms with Crippen molar-refractivity contribution in [3.63, 3.8) is 0 Å². The fourth-order valence-corrected chi connectivity index (χ4v) is 4.19. The van der Waals surface area contributed by atoms with Crippen molar-refractivity contribution in [2.75, 3.05) is 13.1 Å². The summed E-state index contributed by atoms with van der Waals surface area (Å²) in [5, 5.41) is 5.19. The van der Waals surface area contributed by atoms with E-state index >= 15 is 0 Å². The third-order valence-corrected chi connectivity index (χ3v) is 5.72. The van der Waals surface area contributed by atoms with Crippen LogP contribution in [0.1, 0.15) is 35.9 Å². The van der Waals surface area contributed by atoms with E-state index in [9.17, 15) is 4.79 Å². The van der Waals surface area contributed by atoms with E-state index < -0.39 is 0 Å². The molecule has 1 N–H and O–H groups in total. The highest BCUT2D eigenvalue weighted by molar-refractivity contribution is 5.84. The van der Waals surface area contributed by atoms with Crippen LogP contribution >= 0.6 is 0 Å². The topological polar surface area (TPSA) is 101 Å². The van der Waals surface area contributed by atoms with Gasteiger partial charge in [-0.2, -0.15) is 4.98 Å². The monoisotopic (exact) mass is 402 g/mol. The maximum atomic E-state index is 12.9. The predicted octanol–water partition coefficient (Wildman–Crippen LogP) is 3.27. The van der Waals surface area contributed by atoms with Gasteiger partial charge in [0.15, 0.2) is 0 Å². The van der Waals surface area contributed by atoms with Crippen LogP contribution in [0.2, 0.25) is 0 Å². The first-order valence-electron chi connectivity index (χ1n) is 10.1. The van der Waals surface area contributed by atoms with Gasteiger partial charge in [-0.15, -0.1) is 0 Å². The molecule has 0 aliphatic carbocycles. The number of hydrogen-bond acceptors (Lipinski definition) is 6. The van der Waals surface area contributed by atoms with E-state index in [0.717, 1.165) is 36.2 Å². The number of aryl methyl sites for hydroxylation is 2. The zero-order valence-corrected chi connectivity index (χ0v) is 16.7. The van der Waals surface area contributed by atoms with Gasteiger partial charge in [0.2, 0.25) is 17.6 Å². The number of carbonyl (C=O) groups excluding carboxylic acids is 1. The van der Waals surface area contributed by atoms with Crippen LogP contribution < -0.4 is 0 Å². The Balaban J connectivity index is 1.27. The quantitative estimate of drug-likeness (QED) is 0.550. The number of hydrogen-bond donors (Lipinski definition) is 1. The van der Waals surface area contributed by atoms with Gasteiger partial charge in [0.05, 0.1) is 11.3 Å². The summed E-state index contributed by atoms with van der Waals surface area (Å²) in [5.41, 5.74) is 3.93. The molecular weight excluding hydrogens is 380 g/mol. The molecule has 3 aromatic heterocycles. The summed E-state index contributed by atoms with van der Waals surface area (Å²) in [7, 11) is 0. The van der Waals surface area contributed by atoms with Crippen molar-refractivity contribution in [1.29, 1.82) is 0 Å². The lowest BCUT2D eigenvalue weighted by atomic mass is 10.00. The molecule has 8 heteroatoms. The SMILES string of the molecule is Cc1nc(-c2cncnc2C2CCN(C(=O)CCc3c[nH]c4ccccc34)C2)no1. The standard InChI is InChI=1S/C22H22N6O2/c1-14-26-22(27-30-14)18-11-23-13-25-21(18)16-8-9-28(12-16)20(29)7-6-15-10-24-19-5-3-2-4-17(15)19/h2-5,10-11,13,16,24H,6-9,12H2,1H3. The second-order valence-electron chi connectivity index (χ2n) is 7.64. The Labute approximate surface area is 173 Å². The van der Waals surface area contributed by atoms with Gasteiger partial charge in [-0.3, -0.25) is 4.79 Å². The summed E-state index contributed by atoms with van der Waals surface area (Å²) < 4.78 is 5.11. The Morgan fingerprint density at radius 2 is 2.23 bits per heavy atom. The molecule has 152 valence electrons. The number of H-pyrrole nitrogens is 1. The number of rotatable bonds is 5. The zero-order valence-electron chi connectivity index (χ0n) is 16.7. The molecule has 0 spiro atoms. The number of nitrogens with one attached hydrogen (secondary N) is 1. The molecule has 30 heavy (non-hydrogen) atoms. The van der Waals surface area contributed by atoms with E-state index in [1.54, 1.807) is 13.1 Å². The Morgan fingerprint density at radius 1 is 1.33 bits per heavy atom. The minimum Gasteiger partial charge on any atom is -0.361 e. The van der Waals surface area contributed by atoms with Crippen LogP contribution in [-0.2, 0) is 11.2 Å². The molecule has 1 fully saturated rings. The van der Waals surface area contributed by atoms with Crippen molar-refractivity contribution in [1.82, 2.24) is 30.0 Å². The van der Waals surface area contributed by atoms with Crippen LogP contribution in [0.15, 0.2) is 47.5 Å². The lowest BCUT2D eigenvalue weighted by molar-refractivity contribution is -0.130. The summed E-state index contributed by atoms with van der Waals surface area (Å²) in [4.78, 5) is 31.0. The highest BCUT2D eigenvalue weighted by Gasteiger charge is 2.30. The average molecular weight is 402 g/mol. The first-order valence-corrected chi connectivity index (χ1v) is 10.1. The number of amides is 1. The van der Waals surface area contributed by atoms with Crippen LogP contribution in [-0.4, -0.2) is 49.0 Å². The molecule has 8 nitrogen and oxygen atoms in total. The second kappa shape index (κ2) is 7.70. The van der Waals surface area contributed by atoms with Crippen LogP contribution in [0.3, 0.4) is 0 Å². The van der Waals surface area contributed by atoms with E-state index in [1.807, 2.05) is 23.2 Å². The number of aromatic amines is 1. The van der Waals surface area contributed by atoms with Gasteiger partial charge >= 0.3 is 0 Å². The molecule has 1 aliphatic rings. The molecule has 1 saturated heterocycles. The van der Waals surface area contributed by atoms with Crippen molar-refractivity contribution >= 4 is 16.8 Å². The van der Waals surface area contributed by atoms with Crippen molar-refractivity contribution in [3.05, 3.63) is 60.1 Å². The van der Waals surface area contributed by atoms with Gasteiger partial charge in [0, 0.05) is 55.6 Å². The van der Waals surface area contributed by atoms with E-state index in [-0.39, 0.29) is 11.8 Å². The van der Waals surface area contributed by atoms with E-state index in [2.05, 4.69) is 37.2 Å². The third-order valence-electron chi connectivity index (χ3n) is 5.72. The Bertz CT molecular complexity index is 1200. The zero-order chi connectivity index (χ0) is 20.5. The molecule has 0 bridgehead atoms. The van der Waals surface area contributed by atoms with Crippen molar-refractivity contribution in [2.45, 2.75) is 32.1 Å². The van der Waals surface area contributed by atoms with Crippen LogP contribution in [0.4, 0.5) is 0 Å². The number of nitrogens with zero attached hydrogens (tertiary/aromatic N) is 5. The van der Waals surface area contributed by atoms with Gasteiger partial charge in [-0.05, 0) is 24.5 Å². The molecular formula is C22H22N6O2. The van der Waals surface area contributed by atoms with E-state index in [0.29, 0.717) is 24.7 Å². The summed E-state index contributed by atoms with van der Waals surface area (Å²) in [6.07, 6.45) is 7.34. The highest BCUT2D eigenvalue weighted by atomic mass is 16.5. The molecule has 1 aliphatic heterocycles. The fourth-order valence-electron chi connectivity index (χ4n) is 4.19. The number of carbonyl (C=O) groups is 1. The van der Waals surface area contributed by atoms with Gasteiger partial charge in [0.1, 0.15) is 6.33 Å². The van der Waals surface area contributed by atoms with E-state index in [1.165, 1.54) is 17.3 Å². The average Bonchev–Trinajstić information content (AvgIpc) is 3.52. The minimum atomic E-state index is 0.138. The van der Waals surface area contributed by atoms with Gasteiger partial charge in [-0.1, -0.05) is 23.4 Å². The van der Waals surface area contributed by atoms with Gasteiger partial charge in [-0.25, -0.2) is 9.97 Å². The first kappa shape index (κ1) is 18.5. The molecule has 4 aromatic rings. The normalized spacial score (nSPS) is 16.4. The number of benzene rings is 1. The minimum absolute atomic E-state index is 0.138. The second-order valence-corrected chi connectivity index (χ2v) is 7.64. The summed E-state index contributed by atoms with van der Waals surface area (Å²) in [5.74, 6) is 1.31. The number of para-hydroxylation sites is 1. The summed E-state index contributed by atoms with van der Waals surface area (Å²) in [6, 6.07) is 8.18. The number of aromatic nitrogens is 5. The first-order chi connectivity index (χ1) is 14.7. The lowest BCUT2D eigenvalue weighted by Gasteiger charge is -2.17. The van der Waals surface area contributed by atoms with Crippen LogP contribution in [0.5, 0.6) is 0 Å². The van der Waals surface area contributed by atoms with Crippen LogP contribution in [0, 0.1) is 6.92 Å². The number of fused-ring (bicyclic) bond motifs is 1. The molecule has 1 atom stereocenters. The largest absolute Gasteiger partial charge is 0.361 e. The smallest absolute Gasteiger partial charge is 0.223 e. The molecule has 4 heterocycles. The predicted molar refractivity (Wildman–Crippen MR) is 111 cm³/mol. The van der Waals surface area contributed by atoms with Crippen molar-refractivity contribution in [3.8, 4) is 11.4 Å². The molecule has 0 saturated carbocycles. The highest BCUT2D eigenvalue weighted by Crippen LogP contribution is 2.32. The maximum absolute atomic E-state index is 12.9. The summed E-state index contributed by atoms with van der Waals surface area (Å²) >= 11 is 0. The Kier molecular flexibility index (Phi) is 4.74. The van der Waals surface area contributed by atoms with Gasteiger partial charge < -0.3 is 14.4 Å². The molecule has 0 radical (unpaired) electrons.